The van der Waals surface area contributed by atoms with Crippen molar-refractivity contribution in [3.63, 3.8) is 0 Å². The van der Waals surface area contributed by atoms with Crippen LogP contribution in [0, 0.1) is 17.8 Å². The molecule has 1 aromatic rings. The number of hydrogen-bond donors (Lipinski definition) is 1. The Balaban J connectivity index is 1.73. The number of unbranched alkanes of at least 4 members (excludes halogenated alkanes) is 7. The van der Waals surface area contributed by atoms with E-state index in [-0.39, 0.29) is 34.1 Å². The third-order valence-corrected chi connectivity index (χ3v) is 8.82. The summed E-state index contributed by atoms with van der Waals surface area (Å²) in [6, 6.07) is 5.69. The lowest BCUT2D eigenvalue weighted by Crippen LogP contribution is -2.44. The van der Waals surface area contributed by atoms with Gasteiger partial charge in [0.15, 0.2) is 11.6 Å². The first-order valence-corrected chi connectivity index (χ1v) is 15.0. The molecule has 1 aromatic carbocycles. The zero-order valence-corrected chi connectivity index (χ0v) is 24.7. The van der Waals surface area contributed by atoms with Crippen LogP contribution < -0.4 is 0 Å². The lowest BCUT2D eigenvalue weighted by molar-refractivity contribution is -0.119. The second-order valence-corrected chi connectivity index (χ2v) is 13.7. The van der Waals surface area contributed by atoms with Crippen molar-refractivity contribution < 1.29 is 14.7 Å². The topological polar surface area (TPSA) is 57.6 Å². The van der Waals surface area contributed by atoms with Gasteiger partial charge in [0.1, 0.15) is 5.75 Å². The Morgan fingerprint density at radius 2 is 1.29 bits per heavy atom. The predicted octanol–water partition coefficient (Wildman–Crippen LogP) is 8.53. The minimum atomic E-state index is -0.381. The molecule has 208 valence electrons. The van der Waals surface area contributed by atoms with Gasteiger partial charge in [-0.15, -0.1) is 0 Å². The Labute approximate surface area is 230 Å². The standard InChI is InChI=1S/C34H49NO3/c1-7-8-9-10-11-12-13-14-17-35-25-19-33(3,4)21-28(37)31(25)30(24-16-15-23(2)27(36)18-24)32-26(35)20-34(5,6)22-29(32)38/h15-16,18,30,36H,7-14,17,19-22H2,1-6H3. The number of rotatable bonds is 10. The molecule has 0 atom stereocenters. The largest absolute Gasteiger partial charge is 0.508 e. The van der Waals surface area contributed by atoms with Gasteiger partial charge in [-0.2, -0.15) is 0 Å². The molecule has 1 N–H and O–H groups in total. The van der Waals surface area contributed by atoms with Crippen molar-refractivity contribution in [2.45, 2.75) is 125 Å². The summed E-state index contributed by atoms with van der Waals surface area (Å²) < 4.78 is 0. The maximum absolute atomic E-state index is 13.9. The van der Waals surface area contributed by atoms with Crippen LogP contribution in [-0.4, -0.2) is 28.1 Å². The maximum Gasteiger partial charge on any atom is 0.162 e. The fraction of sp³-hybridized carbons (Fsp3) is 0.647. The lowest BCUT2D eigenvalue weighted by Gasteiger charge is -2.49. The molecule has 0 radical (unpaired) electrons. The van der Waals surface area contributed by atoms with E-state index in [4.69, 9.17) is 0 Å². The third kappa shape index (κ3) is 6.10. The van der Waals surface area contributed by atoms with Gasteiger partial charge in [0.25, 0.3) is 0 Å². The first kappa shape index (κ1) is 28.6. The number of ketones is 2. The molecule has 4 heteroatoms. The summed E-state index contributed by atoms with van der Waals surface area (Å²) in [5.41, 5.74) is 5.31. The molecule has 3 aliphatic rings. The number of aromatic hydroxyl groups is 1. The van der Waals surface area contributed by atoms with Crippen LogP contribution in [0.4, 0.5) is 0 Å². The Morgan fingerprint density at radius 1 is 0.789 bits per heavy atom. The SMILES string of the molecule is CCCCCCCCCCN1C2=C(C(=O)CC(C)(C)C2)C(c2ccc(C)c(O)c2)C2=C1CC(C)(C)CC2=O. The second kappa shape index (κ2) is 11.4. The van der Waals surface area contributed by atoms with Gasteiger partial charge in [-0.3, -0.25) is 9.59 Å². The first-order chi connectivity index (χ1) is 17.9. The van der Waals surface area contributed by atoms with Crippen LogP contribution in [0.2, 0.25) is 0 Å². The van der Waals surface area contributed by atoms with Crippen LogP contribution in [0.25, 0.3) is 0 Å². The number of benzene rings is 1. The smallest absolute Gasteiger partial charge is 0.162 e. The summed E-state index contributed by atoms with van der Waals surface area (Å²) in [5.74, 6) is 0.159. The number of Topliss-reactive ketones (excluding diaryl/α,β-unsaturated/α-hetero) is 2. The molecule has 0 saturated carbocycles. The fourth-order valence-corrected chi connectivity index (χ4v) is 6.86. The minimum Gasteiger partial charge on any atom is -0.508 e. The summed E-state index contributed by atoms with van der Waals surface area (Å²) >= 11 is 0. The second-order valence-electron chi connectivity index (χ2n) is 13.7. The highest BCUT2D eigenvalue weighted by molar-refractivity contribution is 6.06. The Morgan fingerprint density at radius 3 is 1.79 bits per heavy atom. The summed E-state index contributed by atoms with van der Waals surface area (Å²) in [7, 11) is 0. The van der Waals surface area contributed by atoms with E-state index in [9.17, 15) is 14.7 Å². The van der Waals surface area contributed by atoms with Crippen LogP contribution in [0.3, 0.4) is 0 Å². The molecular weight excluding hydrogens is 470 g/mol. The van der Waals surface area contributed by atoms with Crippen LogP contribution in [-0.2, 0) is 9.59 Å². The molecule has 38 heavy (non-hydrogen) atoms. The molecule has 0 spiro atoms. The molecule has 0 unspecified atom stereocenters. The molecule has 0 aromatic heterocycles. The number of hydrogen-bond acceptors (Lipinski definition) is 4. The molecule has 2 aliphatic carbocycles. The van der Waals surface area contributed by atoms with Crippen LogP contribution in [0.1, 0.15) is 129 Å². The van der Waals surface area contributed by atoms with E-state index in [2.05, 4.69) is 39.5 Å². The Bertz CT molecular complexity index is 1080. The van der Waals surface area contributed by atoms with Crippen molar-refractivity contribution in [1.29, 1.82) is 0 Å². The van der Waals surface area contributed by atoms with Gasteiger partial charge in [0.05, 0.1) is 0 Å². The molecule has 1 heterocycles. The number of nitrogens with zero attached hydrogens (tertiary/aromatic N) is 1. The van der Waals surface area contributed by atoms with E-state index in [1.54, 1.807) is 6.07 Å². The van der Waals surface area contributed by atoms with Gasteiger partial charge < -0.3 is 10.0 Å². The molecule has 1 aliphatic heterocycles. The van der Waals surface area contributed by atoms with Crippen molar-refractivity contribution in [2.24, 2.45) is 10.8 Å². The summed E-state index contributed by atoms with van der Waals surface area (Å²) in [6.45, 7) is 13.8. The number of aryl methyl sites for hydroxylation is 1. The van der Waals surface area contributed by atoms with E-state index in [1.165, 1.54) is 44.9 Å². The van der Waals surface area contributed by atoms with Crippen molar-refractivity contribution in [3.05, 3.63) is 51.9 Å². The van der Waals surface area contributed by atoms with Crippen LogP contribution in [0.15, 0.2) is 40.7 Å². The van der Waals surface area contributed by atoms with Gasteiger partial charge >= 0.3 is 0 Å². The third-order valence-electron chi connectivity index (χ3n) is 8.82. The zero-order chi connectivity index (χ0) is 27.7. The molecule has 0 bridgehead atoms. The average molecular weight is 520 g/mol. The number of phenols is 1. The van der Waals surface area contributed by atoms with E-state index in [0.29, 0.717) is 12.8 Å². The van der Waals surface area contributed by atoms with E-state index in [0.717, 1.165) is 59.5 Å². The normalized spacial score (nSPS) is 21.2. The van der Waals surface area contributed by atoms with Gasteiger partial charge in [0.2, 0.25) is 0 Å². The highest BCUT2D eigenvalue weighted by Crippen LogP contribution is 2.54. The highest BCUT2D eigenvalue weighted by Gasteiger charge is 2.48. The van der Waals surface area contributed by atoms with E-state index in [1.807, 2.05) is 19.1 Å². The van der Waals surface area contributed by atoms with Crippen molar-refractivity contribution >= 4 is 11.6 Å². The molecule has 0 fully saturated rings. The van der Waals surface area contributed by atoms with E-state index >= 15 is 0 Å². The molecule has 4 nitrogen and oxygen atoms in total. The minimum absolute atomic E-state index is 0.111. The summed E-state index contributed by atoms with van der Waals surface area (Å²) in [4.78, 5) is 30.1. The van der Waals surface area contributed by atoms with Gasteiger partial charge in [-0.05, 0) is 54.2 Å². The maximum atomic E-state index is 13.9. The van der Waals surface area contributed by atoms with Crippen molar-refractivity contribution in [3.8, 4) is 5.75 Å². The van der Waals surface area contributed by atoms with Gasteiger partial charge in [-0.1, -0.05) is 91.7 Å². The summed E-state index contributed by atoms with van der Waals surface area (Å²) in [5, 5.41) is 10.6. The average Bonchev–Trinajstić information content (AvgIpc) is 2.81. The predicted molar refractivity (Wildman–Crippen MR) is 155 cm³/mol. The van der Waals surface area contributed by atoms with Gasteiger partial charge in [-0.25, -0.2) is 0 Å². The molecule has 0 saturated heterocycles. The lowest BCUT2D eigenvalue weighted by atomic mass is 9.63. The molecular formula is C34H49NO3. The van der Waals surface area contributed by atoms with E-state index < -0.39 is 0 Å². The van der Waals surface area contributed by atoms with Crippen LogP contribution >= 0.6 is 0 Å². The highest BCUT2D eigenvalue weighted by atomic mass is 16.3. The van der Waals surface area contributed by atoms with Crippen molar-refractivity contribution in [2.75, 3.05) is 6.54 Å². The molecule has 4 rings (SSSR count). The number of carbonyl (C=O) groups excluding carboxylic acids is 2. The summed E-state index contributed by atoms with van der Waals surface area (Å²) in [6.07, 6.45) is 12.7. The quantitative estimate of drug-likeness (QED) is 0.315. The number of phenolic OH excluding ortho intramolecular Hbond substituents is 1. The van der Waals surface area contributed by atoms with Crippen molar-refractivity contribution in [1.82, 2.24) is 4.90 Å². The number of carbonyl (C=O) groups is 2. The van der Waals surface area contributed by atoms with Gasteiger partial charge in [0, 0.05) is 47.8 Å². The molecule has 0 amide bonds. The zero-order valence-electron chi connectivity index (χ0n) is 24.7. The Kier molecular flexibility index (Phi) is 8.59. The van der Waals surface area contributed by atoms with Crippen LogP contribution in [0.5, 0.6) is 5.75 Å². The first-order valence-electron chi connectivity index (χ1n) is 15.0. The fourth-order valence-electron chi connectivity index (χ4n) is 6.86. The monoisotopic (exact) mass is 519 g/mol. The Hall–Kier alpha value is -2.36. The number of allylic oxidation sites excluding steroid dienone is 4.